The van der Waals surface area contributed by atoms with Crippen LogP contribution in [0.3, 0.4) is 0 Å². The molecule has 37 heavy (non-hydrogen) atoms. The Morgan fingerprint density at radius 1 is 0.730 bits per heavy atom. The summed E-state index contributed by atoms with van der Waals surface area (Å²) in [5, 5.41) is 6.60. The normalized spacial score (nSPS) is 11.6. The molecule has 0 atom stereocenters. The van der Waals surface area contributed by atoms with Crippen LogP contribution in [0.25, 0.3) is 0 Å². The average Bonchev–Trinajstić information content (AvgIpc) is 2.90. The Bertz CT molecular complexity index is 752. The van der Waals surface area contributed by atoms with E-state index >= 15 is 0 Å². The van der Waals surface area contributed by atoms with E-state index in [2.05, 4.69) is 17.6 Å². The second-order valence-corrected chi connectivity index (χ2v) is 10.5. The number of amides is 1. The number of esters is 1. The number of anilines is 1. The molecule has 0 saturated carbocycles. The lowest BCUT2D eigenvalue weighted by molar-refractivity contribution is -0.140. The van der Waals surface area contributed by atoms with Gasteiger partial charge in [-0.3, -0.25) is 4.79 Å². The quantitative estimate of drug-likeness (QED) is 0.0485. The van der Waals surface area contributed by atoms with Crippen LogP contribution in [0, 0.1) is 0 Å². The van der Waals surface area contributed by atoms with Crippen molar-refractivity contribution in [3.8, 4) is 0 Å². The summed E-state index contributed by atoms with van der Waals surface area (Å²) in [6.45, 7) is 4.80. The maximum atomic E-state index is 12.9. The second kappa shape index (κ2) is 23.2. The van der Waals surface area contributed by atoms with Crippen LogP contribution in [0.4, 0.5) is 5.69 Å². The highest BCUT2D eigenvalue weighted by Crippen LogP contribution is 2.22. The molecule has 5 nitrogen and oxygen atoms in total. The lowest BCUT2D eigenvalue weighted by Crippen LogP contribution is -2.32. The van der Waals surface area contributed by atoms with E-state index in [1.165, 1.54) is 102 Å². The molecule has 2 N–H and O–H groups in total. The highest BCUT2D eigenvalue weighted by Gasteiger charge is 2.24. The Labute approximate surface area is 231 Å². The van der Waals surface area contributed by atoms with Crippen LogP contribution in [0.15, 0.2) is 40.9 Å². The van der Waals surface area contributed by atoms with E-state index in [1.54, 1.807) is 6.92 Å². The van der Waals surface area contributed by atoms with E-state index < -0.39 is 5.97 Å². The molecule has 1 amide bonds. The molecule has 0 radical (unpaired) electrons. The van der Waals surface area contributed by atoms with Crippen LogP contribution < -0.4 is 10.6 Å². The Morgan fingerprint density at radius 3 is 1.68 bits per heavy atom. The molecule has 6 heteroatoms. The molecule has 0 aromatic heterocycles. The first kappa shape index (κ1) is 33.1. The van der Waals surface area contributed by atoms with Gasteiger partial charge in [0.1, 0.15) is 0 Å². The maximum Gasteiger partial charge on any atom is 0.346 e. The van der Waals surface area contributed by atoms with Crippen LogP contribution in [0.1, 0.15) is 117 Å². The zero-order valence-corrected chi connectivity index (χ0v) is 24.6. The number of nitrogens with one attached hydrogen (secondary N) is 2. The van der Waals surface area contributed by atoms with Gasteiger partial charge in [0.2, 0.25) is 0 Å². The van der Waals surface area contributed by atoms with Crippen LogP contribution in [-0.2, 0) is 14.3 Å². The van der Waals surface area contributed by atoms with Gasteiger partial charge in [0.25, 0.3) is 5.91 Å². The van der Waals surface area contributed by atoms with Crippen molar-refractivity contribution in [2.24, 2.45) is 0 Å². The summed E-state index contributed by atoms with van der Waals surface area (Å²) in [6.07, 6.45) is 22.9. The van der Waals surface area contributed by atoms with E-state index in [-0.39, 0.29) is 18.1 Å². The van der Waals surface area contributed by atoms with Crippen LogP contribution in [0.5, 0.6) is 0 Å². The van der Waals surface area contributed by atoms with Gasteiger partial charge in [0.05, 0.1) is 11.6 Å². The molecule has 0 spiro atoms. The molecular weight excluding hydrogens is 480 g/mol. The Hall–Kier alpha value is -1.95. The SMILES string of the molecule is CCCCCCCCCCCCCCCCCCNC(=O)/C(C(=O)OCC)=C(/Nc1ccccc1)SC. The predicted octanol–water partition coefficient (Wildman–Crippen LogP) is 8.61. The van der Waals surface area contributed by atoms with E-state index in [9.17, 15) is 9.59 Å². The van der Waals surface area contributed by atoms with Gasteiger partial charge in [-0.1, -0.05) is 121 Å². The fourth-order valence-electron chi connectivity index (χ4n) is 4.32. The van der Waals surface area contributed by atoms with Crippen molar-refractivity contribution in [1.82, 2.24) is 5.32 Å². The zero-order chi connectivity index (χ0) is 27.0. The molecule has 0 heterocycles. The molecule has 0 bridgehead atoms. The minimum atomic E-state index is -0.597. The van der Waals surface area contributed by atoms with Gasteiger partial charge < -0.3 is 15.4 Å². The molecule has 0 aliphatic heterocycles. The molecule has 0 unspecified atom stereocenters. The first-order valence-corrected chi connectivity index (χ1v) is 15.9. The molecule has 0 aliphatic carbocycles. The average molecular weight is 533 g/mol. The van der Waals surface area contributed by atoms with Crippen molar-refractivity contribution in [3.63, 3.8) is 0 Å². The number of para-hydroxylation sites is 1. The Balaban J connectivity index is 2.21. The first-order valence-electron chi connectivity index (χ1n) is 14.7. The number of unbranched alkanes of at least 4 members (excludes halogenated alkanes) is 15. The molecule has 1 aromatic rings. The van der Waals surface area contributed by atoms with Crippen molar-refractivity contribution in [1.29, 1.82) is 0 Å². The van der Waals surface area contributed by atoms with Crippen molar-refractivity contribution in [3.05, 3.63) is 40.9 Å². The third kappa shape index (κ3) is 16.5. The summed E-state index contributed by atoms with van der Waals surface area (Å²) in [5.74, 6) is -0.980. The lowest BCUT2D eigenvalue weighted by Gasteiger charge is -2.15. The number of hydrogen-bond acceptors (Lipinski definition) is 5. The van der Waals surface area contributed by atoms with Crippen LogP contribution in [0.2, 0.25) is 0 Å². The van der Waals surface area contributed by atoms with Crippen molar-refractivity contribution >= 4 is 29.3 Å². The van der Waals surface area contributed by atoms with E-state index in [4.69, 9.17) is 4.74 Å². The minimum absolute atomic E-state index is 0.0368. The fraction of sp³-hybridized carbons (Fsp3) is 0.677. The summed E-state index contributed by atoms with van der Waals surface area (Å²) >= 11 is 1.33. The predicted molar refractivity (Wildman–Crippen MR) is 160 cm³/mol. The monoisotopic (exact) mass is 532 g/mol. The second-order valence-electron chi connectivity index (χ2n) is 9.68. The lowest BCUT2D eigenvalue weighted by atomic mass is 10.0. The third-order valence-electron chi connectivity index (χ3n) is 6.49. The standard InChI is InChI=1S/C31H52N2O3S/c1-4-6-7-8-9-10-11-12-13-14-15-16-17-18-19-23-26-32-29(34)28(31(35)36-5-2)30(37-3)33-27-24-21-20-22-25-27/h20-22,24-25,33H,4-19,23,26H2,1-3H3,(H,32,34)/b30-28+. The van der Waals surface area contributed by atoms with E-state index in [1.807, 2.05) is 36.6 Å². The van der Waals surface area contributed by atoms with Crippen LogP contribution in [-0.4, -0.2) is 31.3 Å². The largest absolute Gasteiger partial charge is 0.462 e. The number of thioether (sulfide) groups is 1. The smallest absolute Gasteiger partial charge is 0.346 e. The topological polar surface area (TPSA) is 67.4 Å². The minimum Gasteiger partial charge on any atom is -0.462 e. The number of ether oxygens (including phenoxy) is 1. The van der Waals surface area contributed by atoms with Gasteiger partial charge in [-0.2, -0.15) is 0 Å². The van der Waals surface area contributed by atoms with Gasteiger partial charge in [0.15, 0.2) is 5.57 Å². The molecular formula is C31H52N2O3S. The Morgan fingerprint density at radius 2 is 1.22 bits per heavy atom. The summed E-state index contributed by atoms with van der Waals surface area (Å²) in [5.41, 5.74) is 0.856. The third-order valence-corrected chi connectivity index (χ3v) is 7.20. The maximum absolute atomic E-state index is 12.9. The number of carbonyl (C=O) groups excluding carboxylic acids is 2. The number of rotatable bonds is 23. The van der Waals surface area contributed by atoms with Crippen LogP contribution >= 0.6 is 11.8 Å². The molecule has 1 rings (SSSR count). The van der Waals surface area contributed by atoms with Gasteiger partial charge in [-0.05, 0) is 31.7 Å². The van der Waals surface area contributed by atoms with Crippen molar-refractivity contribution < 1.29 is 14.3 Å². The first-order chi connectivity index (χ1) is 18.1. The van der Waals surface area contributed by atoms with E-state index in [0.29, 0.717) is 11.6 Å². The number of carbonyl (C=O) groups is 2. The van der Waals surface area contributed by atoms with Gasteiger partial charge >= 0.3 is 5.97 Å². The van der Waals surface area contributed by atoms with Crippen molar-refractivity contribution in [2.75, 3.05) is 24.7 Å². The molecule has 0 aliphatic rings. The zero-order valence-electron chi connectivity index (χ0n) is 23.7. The molecule has 0 fully saturated rings. The molecule has 1 aromatic carbocycles. The summed E-state index contributed by atoms with van der Waals surface area (Å²) in [6, 6.07) is 9.52. The summed E-state index contributed by atoms with van der Waals surface area (Å²) in [4.78, 5) is 25.5. The van der Waals surface area contributed by atoms with Gasteiger partial charge in [-0.15, -0.1) is 11.8 Å². The fourth-order valence-corrected chi connectivity index (χ4v) is 4.92. The molecule has 210 valence electrons. The van der Waals surface area contributed by atoms with E-state index in [0.717, 1.165) is 18.5 Å². The Kier molecular flexibility index (Phi) is 20.7. The highest BCUT2D eigenvalue weighted by molar-refractivity contribution is 8.02. The highest BCUT2D eigenvalue weighted by atomic mass is 32.2. The van der Waals surface area contributed by atoms with Crippen molar-refractivity contribution in [2.45, 2.75) is 117 Å². The van der Waals surface area contributed by atoms with Gasteiger partial charge in [-0.25, -0.2) is 4.79 Å². The summed E-state index contributed by atoms with van der Waals surface area (Å²) in [7, 11) is 0. The summed E-state index contributed by atoms with van der Waals surface area (Å²) < 4.78 is 5.17. The molecule has 0 saturated heterocycles. The number of hydrogen-bond donors (Lipinski definition) is 2. The van der Waals surface area contributed by atoms with Gasteiger partial charge in [0, 0.05) is 12.2 Å². The number of benzene rings is 1.